The Kier molecular flexibility index (Phi) is 5.52. The smallest absolute Gasteiger partial charge is 0.306 e. The normalized spacial score (nSPS) is 44.8. The van der Waals surface area contributed by atoms with E-state index in [4.69, 9.17) is 4.74 Å². The van der Waals surface area contributed by atoms with Crippen LogP contribution in [0.3, 0.4) is 0 Å². The number of methoxy groups -OCH3 is 1. The molecule has 0 radical (unpaired) electrons. The van der Waals surface area contributed by atoms with Gasteiger partial charge in [-0.05, 0) is 92.3 Å². The molecular weight excluding hydrogens is 352 g/mol. The summed E-state index contributed by atoms with van der Waals surface area (Å²) in [6.07, 6.45) is 13.4. The molecule has 0 unspecified atom stereocenters. The molecule has 0 heterocycles. The molecule has 0 amide bonds. The minimum atomic E-state index is -0.345. The van der Waals surface area contributed by atoms with Crippen LogP contribution in [-0.4, -0.2) is 25.2 Å². The van der Waals surface area contributed by atoms with Crippen LogP contribution in [0, 0.1) is 34.5 Å². The van der Waals surface area contributed by atoms with Crippen LogP contribution in [0.4, 0.5) is 0 Å². The molecule has 0 saturated heterocycles. The van der Waals surface area contributed by atoms with Gasteiger partial charge in [-0.2, -0.15) is 0 Å². The Morgan fingerprint density at radius 2 is 1.68 bits per heavy atom. The molecule has 4 fully saturated rings. The molecule has 0 aromatic rings. The van der Waals surface area contributed by atoms with Crippen LogP contribution < -0.4 is 0 Å². The molecule has 4 nitrogen and oxygen atoms in total. The maximum Gasteiger partial charge on any atom is 0.306 e. The van der Waals surface area contributed by atoms with Crippen LogP contribution in [-0.2, 0) is 19.1 Å². The van der Waals surface area contributed by atoms with Gasteiger partial charge in [0.1, 0.15) is 6.10 Å². The molecule has 158 valence electrons. The van der Waals surface area contributed by atoms with Gasteiger partial charge in [0.2, 0.25) is 0 Å². The summed E-state index contributed by atoms with van der Waals surface area (Å²) in [5.41, 5.74) is 1.05. The number of carbonyl (C=O) groups is 2. The van der Waals surface area contributed by atoms with E-state index in [1.54, 1.807) is 0 Å². The van der Waals surface area contributed by atoms with Crippen LogP contribution >= 0.6 is 0 Å². The van der Waals surface area contributed by atoms with Crippen molar-refractivity contribution in [1.29, 1.82) is 0 Å². The lowest BCUT2D eigenvalue weighted by molar-refractivity contribution is -0.163. The summed E-state index contributed by atoms with van der Waals surface area (Å²) >= 11 is 0. The van der Waals surface area contributed by atoms with Gasteiger partial charge in [0, 0.05) is 0 Å². The maximum absolute atomic E-state index is 12.1. The fourth-order valence-electron chi connectivity index (χ4n) is 7.87. The van der Waals surface area contributed by atoms with Gasteiger partial charge in [0.25, 0.3) is 0 Å². The molecule has 28 heavy (non-hydrogen) atoms. The average Bonchev–Trinajstić information content (AvgIpc) is 3.08. The Morgan fingerprint density at radius 3 is 2.46 bits per heavy atom. The first kappa shape index (κ1) is 20.2. The van der Waals surface area contributed by atoms with E-state index in [2.05, 4.69) is 18.6 Å². The Balaban J connectivity index is 1.37. The molecule has 0 spiro atoms. The number of hydrogen-bond acceptors (Lipinski definition) is 4. The Labute approximate surface area is 170 Å². The highest BCUT2D eigenvalue weighted by Gasteiger charge is 2.58. The van der Waals surface area contributed by atoms with Gasteiger partial charge < -0.3 is 9.47 Å². The predicted octanol–water partition coefficient (Wildman–Crippen LogP) is 5.28. The summed E-state index contributed by atoms with van der Waals surface area (Å²) in [6, 6.07) is 0. The van der Waals surface area contributed by atoms with E-state index in [-0.39, 0.29) is 30.9 Å². The molecule has 0 aromatic carbocycles. The van der Waals surface area contributed by atoms with E-state index >= 15 is 0 Å². The van der Waals surface area contributed by atoms with E-state index in [1.165, 1.54) is 58.5 Å². The number of ether oxygens (including phenoxy) is 2. The molecule has 0 aliphatic heterocycles. The van der Waals surface area contributed by atoms with Crippen molar-refractivity contribution in [2.75, 3.05) is 7.11 Å². The third-order valence-corrected chi connectivity index (χ3v) is 9.46. The van der Waals surface area contributed by atoms with Crippen molar-refractivity contribution in [3.05, 3.63) is 0 Å². The van der Waals surface area contributed by atoms with Crippen molar-refractivity contribution in [3.63, 3.8) is 0 Å². The standard InChI is InChI=1S/C24H38O4/c1-23-12-4-5-19(23)18-7-6-16-15-17(28-22(26)9-8-21(25)27-3)10-14-24(16,2)20(18)11-13-23/h16-20H,4-15H2,1-3H3/t16-,17+,18-,19+,20+,23-,24-/m0/s1. The predicted molar refractivity (Wildman–Crippen MR) is 107 cm³/mol. The second-order valence-corrected chi connectivity index (χ2v) is 10.7. The quantitative estimate of drug-likeness (QED) is 0.613. The topological polar surface area (TPSA) is 52.6 Å². The number of fused-ring (bicyclic) bond motifs is 5. The maximum atomic E-state index is 12.1. The zero-order chi connectivity index (χ0) is 19.9. The van der Waals surface area contributed by atoms with Crippen molar-refractivity contribution in [2.24, 2.45) is 34.5 Å². The van der Waals surface area contributed by atoms with Gasteiger partial charge in [-0.1, -0.05) is 20.3 Å². The fourth-order valence-corrected chi connectivity index (χ4v) is 7.87. The van der Waals surface area contributed by atoms with Crippen molar-refractivity contribution >= 4 is 11.9 Å². The van der Waals surface area contributed by atoms with Gasteiger partial charge in [-0.25, -0.2) is 0 Å². The third-order valence-electron chi connectivity index (χ3n) is 9.46. The molecule has 7 atom stereocenters. The first-order valence-electron chi connectivity index (χ1n) is 11.6. The molecule has 4 aliphatic carbocycles. The van der Waals surface area contributed by atoms with Gasteiger partial charge in [0.15, 0.2) is 0 Å². The molecule has 4 rings (SSSR count). The minimum Gasteiger partial charge on any atom is -0.469 e. The van der Waals surface area contributed by atoms with Gasteiger partial charge in [0.05, 0.1) is 20.0 Å². The van der Waals surface area contributed by atoms with E-state index in [0.29, 0.717) is 16.7 Å². The van der Waals surface area contributed by atoms with Gasteiger partial charge in [-0.15, -0.1) is 0 Å². The SMILES string of the molecule is COC(=O)CCC(=O)O[C@@H]1CC[C@@]2(C)[C@@H](CC[C@H]3[C@H]4CCC[C@@]4(C)CC[C@H]32)C1. The lowest BCUT2D eigenvalue weighted by atomic mass is 9.45. The summed E-state index contributed by atoms with van der Waals surface area (Å²) < 4.78 is 10.4. The van der Waals surface area contributed by atoms with Crippen molar-refractivity contribution in [1.82, 2.24) is 0 Å². The summed E-state index contributed by atoms with van der Waals surface area (Å²) in [5, 5.41) is 0. The zero-order valence-electron chi connectivity index (χ0n) is 18.0. The summed E-state index contributed by atoms with van der Waals surface area (Å²) in [4.78, 5) is 23.4. The molecule has 4 heteroatoms. The van der Waals surface area contributed by atoms with Crippen molar-refractivity contribution < 1.29 is 19.1 Å². The van der Waals surface area contributed by atoms with Gasteiger partial charge in [-0.3, -0.25) is 9.59 Å². The lowest BCUT2D eigenvalue weighted by Gasteiger charge is -2.60. The number of rotatable bonds is 4. The van der Waals surface area contributed by atoms with Crippen molar-refractivity contribution in [3.8, 4) is 0 Å². The molecule has 4 saturated carbocycles. The van der Waals surface area contributed by atoms with Crippen molar-refractivity contribution in [2.45, 2.75) is 97.0 Å². The molecule has 0 bridgehead atoms. The van der Waals surface area contributed by atoms with Crippen LogP contribution in [0.2, 0.25) is 0 Å². The highest BCUT2D eigenvalue weighted by atomic mass is 16.5. The highest BCUT2D eigenvalue weighted by molar-refractivity contribution is 5.77. The Bertz CT molecular complexity index is 616. The van der Waals surface area contributed by atoms with E-state index in [0.717, 1.165) is 30.6 Å². The second kappa shape index (κ2) is 7.65. The minimum absolute atomic E-state index is 0.0418. The van der Waals surface area contributed by atoms with Crippen LogP contribution in [0.25, 0.3) is 0 Å². The monoisotopic (exact) mass is 390 g/mol. The van der Waals surface area contributed by atoms with E-state index in [1.807, 2.05) is 0 Å². The summed E-state index contributed by atoms with van der Waals surface area (Å²) in [5.74, 6) is 2.86. The summed E-state index contributed by atoms with van der Waals surface area (Å²) in [6.45, 7) is 5.13. The van der Waals surface area contributed by atoms with E-state index in [9.17, 15) is 9.59 Å². The average molecular weight is 391 g/mol. The van der Waals surface area contributed by atoms with Gasteiger partial charge >= 0.3 is 11.9 Å². The Hall–Kier alpha value is -1.06. The zero-order valence-corrected chi connectivity index (χ0v) is 18.0. The molecular formula is C24H38O4. The summed E-state index contributed by atoms with van der Waals surface area (Å²) in [7, 11) is 1.35. The van der Waals surface area contributed by atoms with Crippen LogP contribution in [0.15, 0.2) is 0 Å². The van der Waals surface area contributed by atoms with Crippen LogP contribution in [0.5, 0.6) is 0 Å². The van der Waals surface area contributed by atoms with Crippen LogP contribution in [0.1, 0.15) is 90.9 Å². The fraction of sp³-hybridized carbons (Fsp3) is 0.917. The Morgan fingerprint density at radius 1 is 0.893 bits per heavy atom. The first-order valence-corrected chi connectivity index (χ1v) is 11.6. The van der Waals surface area contributed by atoms with E-state index < -0.39 is 0 Å². The molecule has 4 aliphatic rings. The first-order chi connectivity index (χ1) is 13.4. The number of esters is 2. The number of hydrogen-bond donors (Lipinski definition) is 0. The largest absolute Gasteiger partial charge is 0.469 e. The second-order valence-electron chi connectivity index (χ2n) is 10.7. The molecule has 0 N–H and O–H groups in total. The third kappa shape index (κ3) is 3.50. The molecule has 0 aromatic heterocycles. The highest BCUT2D eigenvalue weighted by Crippen LogP contribution is 2.66. The lowest BCUT2D eigenvalue weighted by Crippen LogP contribution is -2.53. The number of carbonyl (C=O) groups excluding carboxylic acids is 2.